The van der Waals surface area contributed by atoms with Crippen LogP contribution in [0.2, 0.25) is 5.02 Å². The van der Waals surface area contributed by atoms with Crippen molar-refractivity contribution in [3.05, 3.63) is 58.6 Å². The quantitative estimate of drug-likeness (QED) is 0.654. The van der Waals surface area contributed by atoms with Crippen molar-refractivity contribution in [2.24, 2.45) is 0 Å². The van der Waals surface area contributed by atoms with Gasteiger partial charge in [0.15, 0.2) is 0 Å². The van der Waals surface area contributed by atoms with Crippen molar-refractivity contribution >= 4 is 39.1 Å². The van der Waals surface area contributed by atoms with Gasteiger partial charge in [-0.1, -0.05) is 29.3 Å². The number of carbonyl (C=O) groups excluding carboxylic acids is 2. The van der Waals surface area contributed by atoms with E-state index in [9.17, 15) is 18.0 Å². The SMILES string of the molecule is Cc1ccc(S(=O)(=O)N2CCN([C@H]3CC(=O)N(c4ccc(Cl)cc4)C3=O)CC2)c(C)c1. The Morgan fingerprint density at radius 2 is 1.58 bits per heavy atom. The number of nitrogens with zero attached hydrogens (tertiary/aromatic N) is 3. The summed E-state index contributed by atoms with van der Waals surface area (Å²) in [7, 11) is -3.61. The fraction of sp³-hybridized carbons (Fsp3) is 0.364. The Hall–Kier alpha value is -2.26. The maximum absolute atomic E-state index is 13.1. The largest absolute Gasteiger partial charge is 0.289 e. The van der Waals surface area contributed by atoms with Crippen LogP contribution in [0.25, 0.3) is 0 Å². The van der Waals surface area contributed by atoms with Gasteiger partial charge < -0.3 is 0 Å². The number of anilines is 1. The minimum Gasteiger partial charge on any atom is -0.289 e. The van der Waals surface area contributed by atoms with Crippen LogP contribution >= 0.6 is 11.6 Å². The number of sulfonamides is 1. The van der Waals surface area contributed by atoms with E-state index in [4.69, 9.17) is 11.6 Å². The Labute approximate surface area is 187 Å². The third kappa shape index (κ3) is 4.13. The second kappa shape index (κ2) is 8.35. The van der Waals surface area contributed by atoms with Crippen LogP contribution in [0.4, 0.5) is 5.69 Å². The number of aryl methyl sites for hydroxylation is 2. The molecule has 2 saturated heterocycles. The molecule has 2 amide bonds. The standard InChI is InChI=1S/C22H24ClN3O4S/c1-15-3-8-20(16(2)13-15)31(29,30)25-11-9-24(10-12-25)19-14-21(27)26(22(19)28)18-6-4-17(23)5-7-18/h3-8,13,19H,9-12,14H2,1-2H3/t19-/m0/s1. The highest BCUT2D eigenvalue weighted by atomic mass is 35.5. The molecule has 9 heteroatoms. The molecule has 0 radical (unpaired) electrons. The van der Waals surface area contributed by atoms with Gasteiger partial charge in [-0.2, -0.15) is 4.31 Å². The first-order valence-corrected chi connectivity index (χ1v) is 11.9. The molecule has 0 aliphatic carbocycles. The van der Waals surface area contributed by atoms with Gasteiger partial charge in [-0.3, -0.25) is 14.5 Å². The average molecular weight is 462 g/mol. The molecule has 2 aromatic carbocycles. The van der Waals surface area contributed by atoms with E-state index in [1.165, 1.54) is 9.21 Å². The Kier molecular flexibility index (Phi) is 5.91. The molecule has 0 bridgehead atoms. The molecule has 0 N–H and O–H groups in total. The van der Waals surface area contributed by atoms with Crippen molar-refractivity contribution in [2.75, 3.05) is 31.1 Å². The summed E-state index contributed by atoms with van der Waals surface area (Å²) in [4.78, 5) is 28.9. The van der Waals surface area contributed by atoms with Crippen LogP contribution < -0.4 is 4.90 Å². The van der Waals surface area contributed by atoms with Gasteiger partial charge in [-0.25, -0.2) is 13.3 Å². The highest BCUT2D eigenvalue weighted by Gasteiger charge is 2.44. The van der Waals surface area contributed by atoms with Crippen LogP contribution in [0.5, 0.6) is 0 Å². The Morgan fingerprint density at radius 1 is 0.935 bits per heavy atom. The Bertz CT molecular complexity index is 1130. The first-order valence-electron chi connectivity index (χ1n) is 10.1. The van der Waals surface area contributed by atoms with Gasteiger partial charge in [0, 0.05) is 31.2 Å². The second-order valence-electron chi connectivity index (χ2n) is 7.97. The molecule has 0 spiro atoms. The first kappa shape index (κ1) is 22.0. The molecule has 2 aliphatic rings. The molecule has 2 aromatic rings. The molecule has 2 fully saturated rings. The molecule has 164 valence electrons. The fourth-order valence-electron chi connectivity index (χ4n) is 4.25. The Balaban J connectivity index is 1.46. The zero-order valence-electron chi connectivity index (χ0n) is 17.4. The van der Waals surface area contributed by atoms with E-state index in [-0.39, 0.29) is 31.3 Å². The number of hydrogen-bond donors (Lipinski definition) is 0. The number of rotatable bonds is 4. The zero-order valence-corrected chi connectivity index (χ0v) is 19.0. The summed E-state index contributed by atoms with van der Waals surface area (Å²) in [6.45, 7) is 5.05. The van der Waals surface area contributed by atoms with Crippen molar-refractivity contribution < 1.29 is 18.0 Å². The highest BCUT2D eigenvalue weighted by molar-refractivity contribution is 7.89. The summed E-state index contributed by atoms with van der Waals surface area (Å²) in [5, 5.41) is 0.528. The first-order chi connectivity index (χ1) is 14.7. The predicted octanol–water partition coefficient (Wildman–Crippen LogP) is 2.60. The highest BCUT2D eigenvalue weighted by Crippen LogP contribution is 2.28. The zero-order chi connectivity index (χ0) is 22.3. The molecule has 0 unspecified atom stereocenters. The van der Waals surface area contributed by atoms with E-state index in [1.807, 2.05) is 17.9 Å². The summed E-state index contributed by atoms with van der Waals surface area (Å²) >= 11 is 5.90. The summed E-state index contributed by atoms with van der Waals surface area (Å²) in [6.07, 6.45) is 0.0886. The average Bonchev–Trinajstić information content (AvgIpc) is 3.02. The van der Waals surface area contributed by atoms with E-state index in [2.05, 4.69) is 0 Å². The predicted molar refractivity (Wildman–Crippen MR) is 119 cm³/mol. The monoisotopic (exact) mass is 461 g/mol. The van der Waals surface area contributed by atoms with Gasteiger partial charge in [0.25, 0.3) is 5.91 Å². The van der Waals surface area contributed by atoms with Crippen LogP contribution in [-0.4, -0.2) is 61.7 Å². The van der Waals surface area contributed by atoms with Gasteiger partial charge in [-0.05, 0) is 49.7 Å². The topological polar surface area (TPSA) is 78.0 Å². The lowest BCUT2D eigenvalue weighted by Crippen LogP contribution is -2.53. The number of carbonyl (C=O) groups is 2. The normalized spacial score (nSPS) is 21.1. The van der Waals surface area contributed by atoms with Crippen LogP contribution in [-0.2, 0) is 19.6 Å². The van der Waals surface area contributed by atoms with Crippen molar-refractivity contribution in [1.82, 2.24) is 9.21 Å². The molecule has 7 nitrogen and oxygen atoms in total. The molecule has 0 aromatic heterocycles. The molecule has 4 rings (SSSR count). The fourth-order valence-corrected chi connectivity index (χ4v) is 6.00. The second-order valence-corrected chi connectivity index (χ2v) is 10.3. The van der Waals surface area contributed by atoms with Gasteiger partial charge >= 0.3 is 0 Å². The molecule has 31 heavy (non-hydrogen) atoms. The van der Waals surface area contributed by atoms with Crippen molar-refractivity contribution in [2.45, 2.75) is 31.2 Å². The molecule has 0 saturated carbocycles. The third-order valence-corrected chi connectivity index (χ3v) is 8.18. The lowest BCUT2D eigenvalue weighted by Gasteiger charge is -2.36. The third-order valence-electron chi connectivity index (χ3n) is 5.87. The molecular formula is C22H24ClN3O4S. The van der Waals surface area contributed by atoms with Crippen LogP contribution in [0, 0.1) is 13.8 Å². The maximum Gasteiger partial charge on any atom is 0.251 e. The number of amides is 2. The summed E-state index contributed by atoms with van der Waals surface area (Å²) in [5.41, 5.74) is 2.23. The van der Waals surface area contributed by atoms with E-state index in [0.29, 0.717) is 28.7 Å². The minimum absolute atomic E-state index is 0.0886. The smallest absolute Gasteiger partial charge is 0.251 e. The van der Waals surface area contributed by atoms with Gasteiger partial charge in [0.2, 0.25) is 15.9 Å². The number of imide groups is 1. The van der Waals surface area contributed by atoms with Crippen LogP contribution in [0.15, 0.2) is 47.4 Å². The van der Waals surface area contributed by atoms with Crippen molar-refractivity contribution in [3.8, 4) is 0 Å². The number of benzene rings is 2. The molecular weight excluding hydrogens is 438 g/mol. The number of piperazine rings is 1. The van der Waals surface area contributed by atoms with Gasteiger partial charge in [0.05, 0.1) is 23.0 Å². The molecule has 1 atom stereocenters. The maximum atomic E-state index is 13.1. The van der Waals surface area contributed by atoms with E-state index < -0.39 is 16.1 Å². The number of hydrogen-bond acceptors (Lipinski definition) is 5. The molecule has 2 heterocycles. The molecule has 2 aliphatic heterocycles. The van der Waals surface area contributed by atoms with Crippen molar-refractivity contribution in [1.29, 1.82) is 0 Å². The van der Waals surface area contributed by atoms with Crippen LogP contribution in [0.1, 0.15) is 17.5 Å². The van der Waals surface area contributed by atoms with Gasteiger partial charge in [-0.15, -0.1) is 0 Å². The Morgan fingerprint density at radius 3 is 2.19 bits per heavy atom. The van der Waals surface area contributed by atoms with Gasteiger partial charge in [0.1, 0.15) is 0 Å². The van der Waals surface area contributed by atoms with Crippen LogP contribution in [0.3, 0.4) is 0 Å². The van der Waals surface area contributed by atoms with Crippen molar-refractivity contribution in [3.63, 3.8) is 0 Å². The minimum atomic E-state index is -3.61. The van der Waals surface area contributed by atoms with E-state index in [1.54, 1.807) is 43.3 Å². The number of halogens is 1. The van der Waals surface area contributed by atoms with E-state index in [0.717, 1.165) is 11.1 Å². The summed E-state index contributed by atoms with van der Waals surface area (Å²) in [6, 6.07) is 11.3. The summed E-state index contributed by atoms with van der Waals surface area (Å²) < 4.78 is 27.6. The lowest BCUT2D eigenvalue weighted by atomic mass is 10.2. The summed E-state index contributed by atoms with van der Waals surface area (Å²) in [5.74, 6) is -0.541. The van der Waals surface area contributed by atoms with E-state index >= 15 is 0 Å². The lowest BCUT2D eigenvalue weighted by molar-refractivity contribution is -0.123.